The maximum absolute atomic E-state index is 14.1. The molecule has 0 saturated heterocycles. The van der Waals surface area contributed by atoms with Crippen molar-refractivity contribution in [3.05, 3.63) is 88.8 Å². The fourth-order valence-corrected chi connectivity index (χ4v) is 6.63. The Kier molecular flexibility index (Phi) is 6.37. The third-order valence-corrected chi connectivity index (χ3v) is 8.52. The van der Waals surface area contributed by atoms with E-state index in [1.807, 2.05) is 42.5 Å². The van der Waals surface area contributed by atoms with E-state index < -0.39 is 7.37 Å². The highest BCUT2D eigenvalue weighted by atomic mass is 31.2. The SMILES string of the molecule is CCN(CC)c1ccc2c(c1)P(=O)(O)C1=CC(=[N+](CC)CC)C=CC1=C2c1ccccc1. The second-order valence-corrected chi connectivity index (χ2v) is 10.2. The third-order valence-electron chi connectivity index (χ3n) is 6.47. The number of nitrogens with zero attached hydrogens (tertiary/aromatic N) is 2. The van der Waals surface area contributed by atoms with E-state index in [1.54, 1.807) is 0 Å². The van der Waals surface area contributed by atoms with Crippen LogP contribution in [-0.2, 0) is 4.57 Å². The van der Waals surface area contributed by atoms with Crippen molar-refractivity contribution >= 4 is 29.6 Å². The van der Waals surface area contributed by atoms with E-state index in [2.05, 4.69) is 61.4 Å². The van der Waals surface area contributed by atoms with Crippen LogP contribution in [0.3, 0.4) is 0 Å². The molecular weight excluding hydrogens is 415 g/mol. The highest BCUT2D eigenvalue weighted by Gasteiger charge is 2.40. The molecule has 32 heavy (non-hydrogen) atoms. The summed E-state index contributed by atoms with van der Waals surface area (Å²) in [7, 11) is -3.77. The third kappa shape index (κ3) is 3.72. The van der Waals surface area contributed by atoms with Crippen LogP contribution in [0.1, 0.15) is 38.8 Å². The number of anilines is 1. The summed E-state index contributed by atoms with van der Waals surface area (Å²) < 4.78 is 16.3. The van der Waals surface area contributed by atoms with Gasteiger partial charge in [0.15, 0.2) is 0 Å². The van der Waals surface area contributed by atoms with Crippen molar-refractivity contribution in [2.75, 3.05) is 31.1 Å². The molecule has 1 aliphatic heterocycles. The van der Waals surface area contributed by atoms with Crippen LogP contribution in [0.5, 0.6) is 0 Å². The standard InChI is InChI=1S/C27H31N2O2P/c1-5-28(6-2)21-14-16-23-25(18-21)32(30,31)26-19-22(29(7-3)8-4)15-17-24(26)27(23)20-12-10-9-11-13-20/h9-19H,5-8H2,1-4H3/p+1. The Hall–Kier alpha value is -2.68. The first-order valence-electron chi connectivity index (χ1n) is 11.5. The molecule has 0 saturated carbocycles. The molecule has 2 aromatic rings. The molecule has 1 atom stereocenters. The minimum Gasteiger partial charge on any atom is -0.372 e. The van der Waals surface area contributed by atoms with Gasteiger partial charge in [-0.15, -0.1) is 0 Å². The van der Waals surface area contributed by atoms with Gasteiger partial charge in [0.2, 0.25) is 5.71 Å². The van der Waals surface area contributed by atoms with Crippen LogP contribution >= 0.6 is 7.37 Å². The predicted molar refractivity (Wildman–Crippen MR) is 135 cm³/mol. The van der Waals surface area contributed by atoms with E-state index >= 15 is 0 Å². The van der Waals surface area contributed by atoms with Crippen LogP contribution in [0.4, 0.5) is 5.69 Å². The molecule has 1 unspecified atom stereocenters. The minimum absolute atomic E-state index is 0.532. The lowest BCUT2D eigenvalue weighted by Gasteiger charge is -2.31. The average molecular weight is 448 g/mol. The quantitative estimate of drug-likeness (QED) is 0.490. The zero-order chi connectivity index (χ0) is 22.9. The number of fused-ring (bicyclic) bond motifs is 2. The normalized spacial score (nSPS) is 19.4. The van der Waals surface area contributed by atoms with Crippen LogP contribution in [-0.4, -0.2) is 41.4 Å². The molecule has 5 heteroatoms. The van der Waals surface area contributed by atoms with Crippen molar-refractivity contribution < 1.29 is 14.0 Å². The summed E-state index contributed by atoms with van der Waals surface area (Å²) in [6.07, 6.45) is 6.03. The Morgan fingerprint density at radius 3 is 2.25 bits per heavy atom. The average Bonchev–Trinajstić information content (AvgIpc) is 2.82. The summed E-state index contributed by atoms with van der Waals surface area (Å²) >= 11 is 0. The lowest BCUT2D eigenvalue weighted by atomic mass is 9.90. The molecule has 0 fully saturated rings. The summed E-state index contributed by atoms with van der Waals surface area (Å²) in [5.74, 6) is 0. The first-order valence-corrected chi connectivity index (χ1v) is 13.2. The van der Waals surface area contributed by atoms with Gasteiger partial charge in [-0.25, -0.2) is 4.58 Å². The topological polar surface area (TPSA) is 43.6 Å². The van der Waals surface area contributed by atoms with Gasteiger partial charge in [-0.3, -0.25) is 4.57 Å². The van der Waals surface area contributed by atoms with Gasteiger partial charge in [0.25, 0.3) is 7.37 Å². The molecule has 0 aromatic heterocycles. The zero-order valence-electron chi connectivity index (χ0n) is 19.4. The Labute approximate surface area is 191 Å². The van der Waals surface area contributed by atoms with Crippen molar-refractivity contribution in [2.45, 2.75) is 27.7 Å². The molecule has 1 N–H and O–H groups in total. The highest BCUT2D eigenvalue weighted by Crippen LogP contribution is 2.59. The van der Waals surface area contributed by atoms with Crippen molar-refractivity contribution in [1.29, 1.82) is 0 Å². The Morgan fingerprint density at radius 2 is 1.62 bits per heavy atom. The first-order chi connectivity index (χ1) is 15.5. The zero-order valence-corrected chi connectivity index (χ0v) is 20.3. The maximum Gasteiger partial charge on any atom is 0.260 e. The number of benzene rings is 2. The molecule has 1 heterocycles. The van der Waals surface area contributed by atoms with Crippen molar-refractivity contribution in [2.24, 2.45) is 0 Å². The van der Waals surface area contributed by atoms with Gasteiger partial charge in [0.05, 0.1) is 10.6 Å². The van der Waals surface area contributed by atoms with Gasteiger partial charge in [-0.05, 0) is 68.2 Å². The van der Waals surface area contributed by atoms with Gasteiger partial charge in [0.1, 0.15) is 13.1 Å². The van der Waals surface area contributed by atoms with Gasteiger partial charge in [0, 0.05) is 30.9 Å². The molecule has 0 radical (unpaired) electrons. The van der Waals surface area contributed by atoms with Gasteiger partial charge in [-0.2, -0.15) is 0 Å². The first kappa shape index (κ1) is 22.5. The lowest BCUT2D eigenvalue weighted by Crippen LogP contribution is -2.27. The fraction of sp³-hybridized carbons (Fsp3) is 0.296. The molecular formula is C27H32N2O2P+. The Balaban J connectivity index is 2.04. The monoisotopic (exact) mass is 447 g/mol. The smallest absolute Gasteiger partial charge is 0.260 e. The predicted octanol–water partition coefficient (Wildman–Crippen LogP) is 5.19. The van der Waals surface area contributed by atoms with Gasteiger partial charge >= 0.3 is 0 Å². The van der Waals surface area contributed by atoms with E-state index in [9.17, 15) is 9.46 Å². The van der Waals surface area contributed by atoms with Crippen LogP contribution < -0.4 is 10.2 Å². The molecule has 2 aromatic carbocycles. The number of hydrogen-bond acceptors (Lipinski definition) is 2. The number of hydrogen-bond donors (Lipinski definition) is 1. The van der Waals surface area contributed by atoms with Crippen molar-refractivity contribution in [3.63, 3.8) is 0 Å². The minimum atomic E-state index is -3.77. The summed E-state index contributed by atoms with van der Waals surface area (Å²) in [4.78, 5) is 13.8. The van der Waals surface area contributed by atoms with Gasteiger partial charge in [-0.1, -0.05) is 36.4 Å². The van der Waals surface area contributed by atoms with Crippen molar-refractivity contribution in [1.82, 2.24) is 0 Å². The lowest BCUT2D eigenvalue weighted by molar-refractivity contribution is -0.519. The van der Waals surface area contributed by atoms with E-state index in [0.29, 0.717) is 10.6 Å². The van der Waals surface area contributed by atoms with E-state index in [1.165, 1.54) is 0 Å². The number of allylic oxidation sites excluding steroid dienone is 5. The van der Waals surface area contributed by atoms with Crippen LogP contribution in [0, 0.1) is 0 Å². The highest BCUT2D eigenvalue weighted by molar-refractivity contribution is 7.71. The summed E-state index contributed by atoms with van der Waals surface area (Å²) in [6, 6.07) is 16.2. The summed E-state index contributed by atoms with van der Waals surface area (Å²) in [5.41, 5.74) is 5.74. The molecule has 4 rings (SSSR count). The molecule has 2 aliphatic rings. The van der Waals surface area contributed by atoms with Gasteiger partial charge < -0.3 is 9.79 Å². The molecule has 1 aliphatic carbocycles. The molecule has 166 valence electrons. The van der Waals surface area contributed by atoms with E-state index in [4.69, 9.17) is 0 Å². The Morgan fingerprint density at radius 1 is 0.938 bits per heavy atom. The second-order valence-electron chi connectivity index (χ2n) is 8.06. The van der Waals surface area contributed by atoms with Crippen LogP contribution in [0.25, 0.3) is 5.57 Å². The molecule has 0 spiro atoms. The maximum atomic E-state index is 14.1. The molecule has 0 bridgehead atoms. The van der Waals surface area contributed by atoms with Crippen LogP contribution in [0.15, 0.2) is 77.6 Å². The van der Waals surface area contributed by atoms with E-state index in [0.717, 1.165) is 59.9 Å². The van der Waals surface area contributed by atoms with Crippen molar-refractivity contribution in [3.8, 4) is 0 Å². The summed E-state index contributed by atoms with van der Waals surface area (Å²) in [6.45, 7) is 11.8. The Bertz CT molecular complexity index is 1200. The largest absolute Gasteiger partial charge is 0.372 e. The summed E-state index contributed by atoms with van der Waals surface area (Å²) in [5, 5.41) is 1.06. The number of rotatable bonds is 6. The molecule has 0 amide bonds. The fourth-order valence-electron chi connectivity index (χ4n) is 4.73. The van der Waals surface area contributed by atoms with E-state index in [-0.39, 0.29) is 0 Å². The van der Waals surface area contributed by atoms with Crippen LogP contribution in [0.2, 0.25) is 0 Å². The molecule has 4 nitrogen and oxygen atoms in total. The second kappa shape index (κ2) is 9.05.